The highest BCUT2D eigenvalue weighted by atomic mass is 32.3. The lowest BCUT2D eigenvalue weighted by atomic mass is 10.9. The summed E-state index contributed by atoms with van der Waals surface area (Å²) in [6.45, 7) is 1.08. The Morgan fingerprint density at radius 3 is 0.857 bits per heavy atom. The third-order valence-electron chi connectivity index (χ3n) is 0. The molecule has 88 valence electrons. The quantitative estimate of drug-likeness (QED) is 0.329. The summed E-state index contributed by atoms with van der Waals surface area (Å²) in [5.41, 5.74) is 0. The molecule has 0 aromatic carbocycles. The van der Waals surface area contributed by atoms with Crippen LogP contribution in [-0.4, -0.2) is 46.1 Å². The Kier molecular flexibility index (Phi) is 10.3. The van der Waals surface area contributed by atoms with Crippen LogP contribution in [0.4, 0.5) is 0 Å². The maximum atomic E-state index is 9.00. The van der Waals surface area contributed by atoms with E-state index in [2.05, 4.69) is 0 Å². The SMILES string of the molecule is CC(=O)O.O=S(=O)(O)O.O=S(=O)(O)O. The van der Waals surface area contributed by atoms with Gasteiger partial charge in [0.15, 0.2) is 0 Å². The number of hydrogen-bond acceptors (Lipinski definition) is 5. The fraction of sp³-hybridized carbons (Fsp3) is 0.500. The molecule has 12 heteroatoms. The lowest BCUT2D eigenvalue weighted by molar-refractivity contribution is -0.134. The standard InChI is InChI=1S/C2H4O2.2H2O4S/c1-2(3)4;2*1-5(2,3)4/h1H3,(H,3,4);2*(H2,1,2,3,4). The van der Waals surface area contributed by atoms with Gasteiger partial charge in [-0.2, -0.15) is 16.8 Å². The monoisotopic (exact) mass is 256 g/mol. The fourth-order valence-corrected chi connectivity index (χ4v) is 0. The van der Waals surface area contributed by atoms with Crippen molar-refractivity contribution >= 4 is 26.8 Å². The minimum Gasteiger partial charge on any atom is -0.481 e. The number of carbonyl (C=O) groups is 1. The zero-order valence-electron chi connectivity index (χ0n) is 6.59. The van der Waals surface area contributed by atoms with Crippen LogP contribution in [0.1, 0.15) is 6.92 Å². The van der Waals surface area contributed by atoms with Crippen LogP contribution in [0.3, 0.4) is 0 Å². The van der Waals surface area contributed by atoms with Gasteiger partial charge in [0.05, 0.1) is 0 Å². The van der Waals surface area contributed by atoms with E-state index in [0.717, 1.165) is 6.92 Å². The molecule has 0 rings (SSSR count). The van der Waals surface area contributed by atoms with Gasteiger partial charge < -0.3 is 5.11 Å². The first-order chi connectivity index (χ1) is 5.73. The maximum absolute atomic E-state index is 9.00. The van der Waals surface area contributed by atoms with E-state index in [1.165, 1.54) is 0 Å². The number of aliphatic carboxylic acids is 1. The summed E-state index contributed by atoms with van der Waals surface area (Å²) in [7, 11) is -9.33. The Bertz CT molecular complexity index is 282. The van der Waals surface area contributed by atoms with E-state index in [4.69, 9.17) is 44.9 Å². The summed E-state index contributed by atoms with van der Waals surface area (Å²) in [4.78, 5) is 9.00. The Morgan fingerprint density at radius 1 is 0.857 bits per heavy atom. The summed E-state index contributed by atoms with van der Waals surface area (Å²) in [5.74, 6) is -0.833. The predicted octanol–water partition coefficient (Wildman–Crippen LogP) is -1.21. The zero-order chi connectivity index (χ0) is 12.6. The van der Waals surface area contributed by atoms with Crippen LogP contribution in [0.5, 0.6) is 0 Å². The molecule has 0 heterocycles. The molecule has 0 radical (unpaired) electrons. The normalized spacial score (nSPS) is 10.1. The fourth-order valence-electron chi connectivity index (χ4n) is 0. The second-order valence-electron chi connectivity index (χ2n) is 1.41. The van der Waals surface area contributed by atoms with Gasteiger partial charge in [-0.15, -0.1) is 0 Å². The maximum Gasteiger partial charge on any atom is 0.394 e. The molecule has 0 aromatic rings. The van der Waals surface area contributed by atoms with Gasteiger partial charge in [0, 0.05) is 6.92 Å². The second kappa shape index (κ2) is 7.60. The predicted molar refractivity (Wildman–Crippen MR) is 41.7 cm³/mol. The van der Waals surface area contributed by atoms with Crippen LogP contribution in [0.15, 0.2) is 0 Å². The molecule has 5 N–H and O–H groups in total. The number of carboxylic acid groups (broad SMARTS) is 1. The highest BCUT2D eigenvalue weighted by Gasteiger charge is 1.85. The molecule has 0 saturated heterocycles. The Morgan fingerprint density at radius 2 is 0.857 bits per heavy atom. The molecular formula is C2H8O10S2. The Labute approximate surface area is 79.3 Å². The number of hydrogen-bond donors (Lipinski definition) is 5. The highest BCUT2D eigenvalue weighted by molar-refractivity contribution is 7.80. The molecule has 0 atom stereocenters. The summed E-state index contributed by atoms with van der Waals surface area (Å²) >= 11 is 0. The lowest BCUT2D eigenvalue weighted by Gasteiger charge is -1.68. The van der Waals surface area contributed by atoms with Gasteiger partial charge in [-0.3, -0.25) is 23.0 Å². The van der Waals surface area contributed by atoms with Crippen LogP contribution in [-0.2, 0) is 25.6 Å². The molecule has 0 fully saturated rings. The van der Waals surface area contributed by atoms with Gasteiger partial charge in [0.1, 0.15) is 0 Å². The third kappa shape index (κ3) is 1870. The summed E-state index contributed by atoms with van der Waals surface area (Å²) < 4.78 is 63.2. The van der Waals surface area contributed by atoms with Crippen molar-refractivity contribution in [2.75, 3.05) is 0 Å². The van der Waals surface area contributed by atoms with Gasteiger partial charge in [-0.05, 0) is 0 Å². The van der Waals surface area contributed by atoms with Gasteiger partial charge in [-0.25, -0.2) is 0 Å². The van der Waals surface area contributed by atoms with E-state index in [0.29, 0.717) is 0 Å². The zero-order valence-corrected chi connectivity index (χ0v) is 8.23. The van der Waals surface area contributed by atoms with Crippen molar-refractivity contribution in [1.29, 1.82) is 0 Å². The second-order valence-corrected chi connectivity index (χ2v) is 3.21. The van der Waals surface area contributed by atoms with Crippen molar-refractivity contribution in [2.24, 2.45) is 0 Å². The van der Waals surface area contributed by atoms with Crippen molar-refractivity contribution in [2.45, 2.75) is 6.92 Å². The van der Waals surface area contributed by atoms with Crippen molar-refractivity contribution in [3.8, 4) is 0 Å². The van der Waals surface area contributed by atoms with Crippen LogP contribution in [0.2, 0.25) is 0 Å². The third-order valence-corrected chi connectivity index (χ3v) is 0. The van der Waals surface area contributed by atoms with Crippen LogP contribution in [0.25, 0.3) is 0 Å². The largest absolute Gasteiger partial charge is 0.481 e. The van der Waals surface area contributed by atoms with Crippen molar-refractivity contribution in [3.63, 3.8) is 0 Å². The minimum atomic E-state index is -4.67. The molecule has 0 amide bonds. The van der Waals surface area contributed by atoms with Gasteiger partial charge >= 0.3 is 20.8 Å². The molecule has 0 unspecified atom stereocenters. The van der Waals surface area contributed by atoms with E-state index >= 15 is 0 Å². The molecule has 0 aliphatic carbocycles. The molecular weight excluding hydrogens is 248 g/mol. The molecule has 0 aromatic heterocycles. The smallest absolute Gasteiger partial charge is 0.394 e. The molecule has 0 aliphatic heterocycles. The topological polar surface area (TPSA) is 186 Å². The van der Waals surface area contributed by atoms with Crippen LogP contribution in [0, 0.1) is 0 Å². The first kappa shape index (κ1) is 18.9. The molecule has 10 nitrogen and oxygen atoms in total. The lowest BCUT2D eigenvalue weighted by Crippen LogP contribution is -1.89. The minimum absolute atomic E-state index is 0.833. The van der Waals surface area contributed by atoms with E-state index in [-0.39, 0.29) is 0 Å². The van der Waals surface area contributed by atoms with E-state index in [9.17, 15) is 0 Å². The summed E-state index contributed by atoms with van der Waals surface area (Å²) in [5, 5.41) is 7.42. The molecule has 0 spiro atoms. The average molecular weight is 256 g/mol. The Balaban J connectivity index is -0.000000131. The summed E-state index contributed by atoms with van der Waals surface area (Å²) in [6, 6.07) is 0. The molecule has 0 bridgehead atoms. The van der Waals surface area contributed by atoms with E-state index in [1.807, 2.05) is 0 Å². The van der Waals surface area contributed by atoms with Crippen molar-refractivity contribution in [3.05, 3.63) is 0 Å². The van der Waals surface area contributed by atoms with Crippen molar-refractivity contribution < 1.29 is 44.9 Å². The number of rotatable bonds is 0. The van der Waals surface area contributed by atoms with Gasteiger partial charge in [-0.1, -0.05) is 0 Å². The highest BCUT2D eigenvalue weighted by Crippen LogP contribution is 1.59. The van der Waals surface area contributed by atoms with Crippen LogP contribution < -0.4 is 0 Å². The average Bonchev–Trinajstić information content (AvgIpc) is 1.45. The van der Waals surface area contributed by atoms with E-state index < -0.39 is 26.8 Å². The van der Waals surface area contributed by atoms with E-state index in [1.54, 1.807) is 0 Å². The Hall–Kier alpha value is -0.790. The first-order valence-corrected chi connectivity index (χ1v) is 5.12. The number of carboxylic acids is 1. The molecule has 0 aliphatic rings. The molecule has 14 heavy (non-hydrogen) atoms. The van der Waals surface area contributed by atoms with Crippen LogP contribution >= 0.6 is 0 Å². The first-order valence-electron chi connectivity index (χ1n) is 2.32. The summed E-state index contributed by atoms with van der Waals surface area (Å²) in [6.07, 6.45) is 0. The molecule has 0 saturated carbocycles. The van der Waals surface area contributed by atoms with Gasteiger partial charge in [0.25, 0.3) is 5.97 Å². The van der Waals surface area contributed by atoms with Crippen molar-refractivity contribution in [1.82, 2.24) is 0 Å². The van der Waals surface area contributed by atoms with Gasteiger partial charge in [0.2, 0.25) is 0 Å².